The summed E-state index contributed by atoms with van der Waals surface area (Å²) in [5.74, 6) is 0.161. The van der Waals surface area contributed by atoms with Crippen LogP contribution in [0.25, 0.3) is 11.1 Å². The van der Waals surface area contributed by atoms with Gasteiger partial charge in [-0.1, -0.05) is 30.3 Å². The minimum Gasteiger partial charge on any atom is -0.381 e. The summed E-state index contributed by atoms with van der Waals surface area (Å²) in [5.41, 5.74) is 2.68. The predicted octanol–water partition coefficient (Wildman–Crippen LogP) is 2.39. The molecule has 2 saturated heterocycles. The van der Waals surface area contributed by atoms with Crippen molar-refractivity contribution >= 4 is 15.7 Å². The van der Waals surface area contributed by atoms with Crippen LogP contribution in [0.4, 0.5) is 0 Å². The van der Waals surface area contributed by atoms with Crippen molar-refractivity contribution < 1.29 is 17.9 Å². The molecule has 0 saturated carbocycles. The van der Waals surface area contributed by atoms with Crippen LogP contribution in [-0.4, -0.2) is 50.1 Å². The number of pyridine rings is 1. The third-order valence-electron chi connectivity index (χ3n) is 5.99. The fourth-order valence-electron chi connectivity index (χ4n) is 4.23. The second kappa shape index (κ2) is 8.24. The summed E-state index contributed by atoms with van der Waals surface area (Å²) in [5, 5.41) is 3.02. The van der Waals surface area contributed by atoms with Gasteiger partial charge in [-0.15, -0.1) is 0 Å². The quantitative estimate of drug-likeness (QED) is 0.812. The van der Waals surface area contributed by atoms with E-state index in [1.165, 1.54) is 0 Å². The van der Waals surface area contributed by atoms with E-state index < -0.39 is 15.3 Å². The number of nitrogens with one attached hydrogen (secondary N) is 1. The van der Waals surface area contributed by atoms with Gasteiger partial charge in [-0.2, -0.15) is 0 Å². The lowest BCUT2D eigenvalue weighted by Crippen LogP contribution is -2.49. The molecular formula is C22H26N2O4S. The summed E-state index contributed by atoms with van der Waals surface area (Å²) in [6, 6.07) is 11.9. The first-order valence-corrected chi connectivity index (χ1v) is 11.9. The van der Waals surface area contributed by atoms with E-state index in [9.17, 15) is 13.2 Å². The molecule has 29 heavy (non-hydrogen) atoms. The Labute approximate surface area is 171 Å². The maximum absolute atomic E-state index is 13.2. The number of amides is 1. The van der Waals surface area contributed by atoms with Crippen LogP contribution in [0, 0.1) is 5.41 Å². The van der Waals surface area contributed by atoms with Gasteiger partial charge in [0.15, 0.2) is 9.84 Å². The van der Waals surface area contributed by atoms with E-state index in [-0.39, 0.29) is 23.5 Å². The lowest BCUT2D eigenvalue weighted by atomic mass is 9.74. The molecule has 1 amide bonds. The number of carbonyl (C=O) groups is 1. The SMILES string of the molecule is O=C(N[C@H]1CCS(=O)(=O)C1)C1(Cc2ccc(-c3cccnc3)cc2)CCOCC1. The van der Waals surface area contributed by atoms with Gasteiger partial charge in [0, 0.05) is 31.6 Å². The van der Waals surface area contributed by atoms with Crippen LogP contribution in [-0.2, 0) is 25.8 Å². The fourth-order valence-corrected chi connectivity index (χ4v) is 5.91. The summed E-state index contributed by atoms with van der Waals surface area (Å²) >= 11 is 0. The molecular weight excluding hydrogens is 388 g/mol. The lowest BCUT2D eigenvalue weighted by Gasteiger charge is -2.36. The zero-order valence-corrected chi connectivity index (χ0v) is 17.2. The Kier molecular flexibility index (Phi) is 5.69. The number of hydrogen-bond acceptors (Lipinski definition) is 5. The van der Waals surface area contributed by atoms with Gasteiger partial charge in [-0.25, -0.2) is 8.42 Å². The fraction of sp³-hybridized carbons (Fsp3) is 0.455. The molecule has 3 heterocycles. The van der Waals surface area contributed by atoms with Crippen LogP contribution in [0.2, 0.25) is 0 Å². The number of nitrogens with zero attached hydrogens (tertiary/aromatic N) is 1. The van der Waals surface area contributed by atoms with Crippen molar-refractivity contribution in [1.29, 1.82) is 0 Å². The van der Waals surface area contributed by atoms with Crippen molar-refractivity contribution in [2.75, 3.05) is 24.7 Å². The van der Waals surface area contributed by atoms with Gasteiger partial charge >= 0.3 is 0 Å². The Morgan fingerprint density at radius 2 is 1.90 bits per heavy atom. The van der Waals surface area contributed by atoms with Crippen LogP contribution < -0.4 is 5.32 Å². The molecule has 1 aromatic heterocycles. The molecule has 2 aliphatic rings. The molecule has 1 aromatic carbocycles. The van der Waals surface area contributed by atoms with Crippen LogP contribution in [0.15, 0.2) is 48.8 Å². The van der Waals surface area contributed by atoms with E-state index in [0.29, 0.717) is 38.9 Å². The van der Waals surface area contributed by atoms with E-state index in [1.54, 1.807) is 6.20 Å². The highest BCUT2D eigenvalue weighted by molar-refractivity contribution is 7.91. The second-order valence-corrected chi connectivity index (χ2v) is 10.3. The summed E-state index contributed by atoms with van der Waals surface area (Å²) in [4.78, 5) is 17.4. The largest absolute Gasteiger partial charge is 0.381 e. The lowest BCUT2D eigenvalue weighted by molar-refractivity contribution is -0.137. The molecule has 6 nitrogen and oxygen atoms in total. The van der Waals surface area contributed by atoms with Crippen LogP contribution >= 0.6 is 0 Å². The molecule has 7 heteroatoms. The Morgan fingerprint density at radius 3 is 2.52 bits per heavy atom. The minimum atomic E-state index is -3.03. The summed E-state index contributed by atoms with van der Waals surface area (Å²) in [7, 11) is -3.03. The average molecular weight is 415 g/mol. The van der Waals surface area contributed by atoms with Crippen LogP contribution in [0.3, 0.4) is 0 Å². The van der Waals surface area contributed by atoms with Crippen molar-refractivity contribution in [1.82, 2.24) is 10.3 Å². The summed E-state index contributed by atoms with van der Waals surface area (Å²) in [6.45, 7) is 1.09. The third-order valence-corrected chi connectivity index (χ3v) is 7.76. The number of aromatic nitrogens is 1. The van der Waals surface area contributed by atoms with E-state index >= 15 is 0 Å². The predicted molar refractivity (Wildman–Crippen MR) is 111 cm³/mol. The maximum atomic E-state index is 13.2. The molecule has 4 rings (SSSR count). The monoisotopic (exact) mass is 414 g/mol. The van der Waals surface area contributed by atoms with Gasteiger partial charge < -0.3 is 10.1 Å². The number of rotatable bonds is 5. The molecule has 2 aromatic rings. The van der Waals surface area contributed by atoms with E-state index in [1.807, 2.05) is 18.3 Å². The molecule has 0 spiro atoms. The Morgan fingerprint density at radius 1 is 1.14 bits per heavy atom. The van der Waals surface area contributed by atoms with Gasteiger partial charge in [-0.05, 0) is 48.4 Å². The smallest absolute Gasteiger partial charge is 0.226 e. The molecule has 154 valence electrons. The molecule has 0 bridgehead atoms. The van der Waals surface area contributed by atoms with E-state index in [2.05, 4.69) is 34.6 Å². The van der Waals surface area contributed by atoms with Crippen molar-refractivity contribution in [2.24, 2.45) is 5.41 Å². The molecule has 0 unspecified atom stereocenters. The molecule has 0 radical (unpaired) electrons. The second-order valence-electron chi connectivity index (χ2n) is 8.08. The highest BCUT2D eigenvalue weighted by atomic mass is 32.2. The zero-order chi connectivity index (χ0) is 20.3. The summed E-state index contributed by atoms with van der Waals surface area (Å²) < 4.78 is 29.0. The first-order chi connectivity index (χ1) is 14.0. The Bertz CT molecular complexity index is 952. The number of benzene rings is 1. The van der Waals surface area contributed by atoms with Crippen LogP contribution in [0.1, 0.15) is 24.8 Å². The van der Waals surface area contributed by atoms with Gasteiger partial charge in [0.25, 0.3) is 0 Å². The highest BCUT2D eigenvalue weighted by Gasteiger charge is 2.42. The van der Waals surface area contributed by atoms with E-state index in [4.69, 9.17) is 4.74 Å². The molecule has 2 aliphatic heterocycles. The molecule has 1 atom stereocenters. The van der Waals surface area contributed by atoms with E-state index in [0.717, 1.165) is 16.7 Å². The van der Waals surface area contributed by atoms with Gasteiger partial charge in [-0.3, -0.25) is 9.78 Å². The number of sulfone groups is 1. The minimum absolute atomic E-state index is 0.0424. The molecule has 1 N–H and O–H groups in total. The summed E-state index contributed by atoms with van der Waals surface area (Å²) in [6.07, 6.45) is 5.99. The maximum Gasteiger partial charge on any atom is 0.226 e. The normalized spacial score (nSPS) is 22.8. The third kappa shape index (κ3) is 4.67. The number of ether oxygens (including phenoxy) is 1. The van der Waals surface area contributed by atoms with Crippen molar-refractivity contribution in [3.8, 4) is 11.1 Å². The average Bonchev–Trinajstić information content (AvgIpc) is 3.08. The first-order valence-electron chi connectivity index (χ1n) is 10.0. The standard InChI is InChI=1S/C22H26N2O4S/c25-21(24-20-7-13-29(26,27)16-20)22(8-11-28-12-9-22)14-17-3-5-18(6-4-17)19-2-1-10-23-15-19/h1-6,10,15,20H,7-9,11-14,16H2,(H,24,25)/t20-/m0/s1. The Balaban J connectivity index is 1.50. The van der Waals surface area contributed by atoms with Gasteiger partial charge in [0.1, 0.15) is 0 Å². The topological polar surface area (TPSA) is 85.4 Å². The first kappa shape index (κ1) is 20.0. The highest BCUT2D eigenvalue weighted by Crippen LogP contribution is 2.35. The number of carbonyl (C=O) groups excluding carboxylic acids is 1. The number of hydrogen-bond donors (Lipinski definition) is 1. The van der Waals surface area contributed by atoms with Crippen molar-refractivity contribution in [3.05, 3.63) is 54.4 Å². The van der Waals surface area contributed by atoms with Crippen molar-refractivity contribution in [2.45, 2.75) is 31.7 Å². The molecule has 0 aliphatic carbocycles. The zero-order valence-electron chi connectivity index (χ0n) is 16.3. The van der Waals surface area contributed by atoms with Gasteiger partial charge in [0.2, 0.25) is 5.91 Å². The molecule has 2 fully saturated rings. The van der Waals surface area contributed by atoms with Crippen LogP contribution in [0.5, 0.6) is 0 Å². The Hall–Kier alpha value is -2.25. The van der Waals surface area contributed by atoms with Crippen molar-refractivity contribution in [3.63, 3.8) is 0 Å². The van der Waals surface area contributed by atoms with Gasteiger partial charge in [0.05, 0.1) is 16.9 Å².